The molecule has 30 heavy (non-hydrogen) atoms. The van der Waals surface area contributed by atoms with Crippen molar-refractivity contribution < 1.29 is 27.6 Å². The SMILES string of the molecule is CCCCCCCCCCc1ccc(-c2noc(CN)n2)cc1.O=C(O)C(F)(F)F. The summed E-state index contributed by atoms with van der Waals surface area (Å²) in [6.07, 6.45) is 6.94. The van der Waals surface area contributed by atoms with Crippen molar-refractivity contribution in [2.45, 2.75) is 77.4 Å². The minimum atomic E-state index is -5.08. The van der Waals surface area contributed by atoms with Gasteiger partial charge < -0.3 is 15.4 Å². The first kappa shape index (κ1) is 25.6. The fourth-order valence-corrected chi connectivity index (χ4v) is 2.74. The number of hydrogen-bond donors (Lipinski definition) is 2. The Balaban J connectivity index is 0.000000553. The van der Waals surface area contributed by atoms with E-state index in [2.05, 4.69) is 41.3 Å². The van der Waals surface area contributed by atoms with Crippen molar-refractivity contribution in [1.82, 2.24) is 10.1 Å². The molecule has 2 aromatic rings. The molecule has 0 aliphatic carbocycles. The first-order valence-electron chi connectivity index (χ1n) is 10.2. The van der Waals surface area contributed by atoms with E-state index in [-0.39, 0.29) is 6.54 Å². The lowest BCUT2D eigenvalue weighted by molar-refractivity contribution is -0.192. The van der Waals surface area contributed by atoms with Gasteiger partial charge in [0.05, 0.1) is 6.54 Å². The molecule has 3 N–H and O–H groups in total. The summed E-state index contributed by atoms with van der Waals surface area (Å²) >= 11 is 0. The average Bonchev–Trinajstić information content (AvgIpc) is 3.19. The van der Waals surface area contributed by atoms with E-state index in [1.165, 1.54) is 56.9 Å². The Bertz CT molecular complexity index is 731. The molecule has 0 atom stereocenters. The van der Waals surface area contributed by atoms with Crippen LogP contribution in [-0.2, 0) is 17.8 Å². The zero-order valence-corrected chi connectivity index (χ0v) is 17.2. The van der Waals surface area contributed by atoms with Gasteiger partial charge in [-0.3, -0.25) is 0 Å². The fraction of sp³-hybridized carbons (Fsp3) is 0.571. The predicted molar refractivity (Wildman–Crippen MR) is 108 cm³/mol. The van der Waals surface area contributed by atoms with E-state index in [1.54, 1.807) is 0 Å². The topological polar surface area (TPSA) is 102 Å². The lowest BCUT2D eigenvalue weighted by Gasteiger charge is -2.03. The van der Waals surface area contributed by atoms with E-state index in [0.29, 0.717) is 11.7 Å². The molecule has 0 saturated heterocycles. The Morgan fingerprint density at radius 2 is 1.57 bits per heavy atom. The van der Waals surface area contributed by atoms with Crippen molar-refractivity contribution in [3.63, 3.8) is 0 Å². The van der Waals surface area contributed by atoms with E-state index >= 15 is 0 Å². The molecule has 9 heteroatoms. The molecule has 0 radical (unpaired) electrons. The summed E-state index contributed by atoms with van der Waals surface area (Å²) in [5.74, 6) is -1.67. The molecule has 1 aromatic carbocycles. The molecule has 2 rings (SSSR count). The number of benzene rings is 1. The first-order chi connectivity index (χ1) is 14.3. The van der Waals surface area contributed by atoms with Gasteiger partial charge in [0, 0.05) is 5.56 Å². The Morgan fingerprint density at radius 3 is 2.03 bits per heavy atom. The van der Waals surface area contributed by atoms with E-state index in [4.69, 9.17) is 20.2 Å². The molecule has 0 aliphatic rings. The molecule has 0 bridgehead atoms. The van der Waals surface area contributed by atoms with Crippen LogP contribution in [0.1, 0.15) is 69.7 Å². The van der Waals surface area contributed by atoms with Gasteiger partial charge >= 0.3 is 12.1 Å². The molecule has 0 fully saturated rings. The molecule has 168 valence electrons. The zero-order valence-electron chi connectivity index (χ0n) is 17.2. The van der Waals surface area contributed by atoms with Crippen LogP contribution in [0.25, 0.3) is 11.4 Å². The summed E-state index contributed by atoms with van der Waals surface area (Å²) in [5, 5.41) is 11.1. The molecule has 1 aromatic heterocycles. The van der Waals surface area contributed by atoms with Gasteiger partial charge in [-0.15, -0.1) is 0 Å². The first-order valence-corrected chi connectivity index (χ1v) is 10.2. The van der Waals surface area contributed by atoms with Crippen LogP contribution in [0.15, 0.2) is 28.8 Å². The third-order valence-electron chi connectivity index (χ3n) is 4.42. The van der Waals surface area contributed by atoms with Gasteiger partial charge in [0.2, 0.25) is 11.7 Å². The standard InChI is InChI=1S/C19H29N3O.C2HF3O2/c1-2-3-4-5-6-7-8-9-10-16-11-13-17(14-12-16)19-21-18(15-20)23-22-19;3-2(4,5)1(6)7/h11-14H,2-10,15,20H2,1H3;(H,6,7). The van der Waals surface area contributed by atoms with Crippen molar-refractivity contribution in [2.75, 3.05) is 0 Å². The number of aromatic nitrogens is 2. The molecule has 0 spiro atoms. The van der Waals surface area contributed by atoms with Crippen molar-refractivity contribution in [3.8, 4) is 11.4 Å². The maximum Gasteiger partial charge on any atom is 0.490 e. The Hall–Kier alpha value is -2.42. The average molecular weight is 429 g/mol. The Kier molecular flexibility index (Phi) is 11.7. The van der Waals surface area contributed by atoms with Gasteiger partial charge in [-0.1, -0.05) is 81.3 Å². The molecule has 0 unspecified atom stereocenters. The normalized spacial score (nSPS) is 11.1. The highest BCUT2D eigenvalue weighted by atomic mass is 19.4. The van der Waals surface area contributed by atoms with Crippen LogP contribution >= 0.6 is 0 Å². The molecule has 0 saturated carbocycles. The number of hydrogen-bond acceptors (Lipinski definition) is 5. The number of rotatable bonds is 11. The van der Waals surface area contributed by atoms with Gasteiger partial charge in [0.15, 0.2) is 0 Å². The molecule has 0 amide bonds. The van der Waals surface area contributed by atoms with Crippen LogP contribution < -0.4 is 5.73 Å². The van der Waals surface area contributed by atoms with E-state index in [1.807, 2.05) is 0 Å². The van der Waals surface area contributed by atoms with Crippen molar-refractivity contribution >= 4 is 5.97 Å². The summed E-state index contributed by atoms with van der Waals surface area (Å²) < 4.78 is 36.8. The zero-order chi connectivity index (χ0) is 22.4. The monoisotopic (exact) mass is 429 g/mol. The molecule has 1 heterocycles. The van der Waals surface area contributed by atoms with Crippen molar-refractivity contribution in [2.24, 2.45) is 5.73 Å². The number of aryl methyl sites for hydroxylation is 1. The minimum Gasteiger partial charge on any atom is -0.475 e. The van der Waals surface area contributed by atoms with Gasteiger partial charge in [0.1, 0.15) is 0 Å². The number of alkyl halides is 3. The van der Waals surface area contributed by atoms with Crippen LogP contribution in [0.4, 0.5) is 13.2 Å². The Labute approximate surface area is 174 Å². The lowest BCUT2D eigenvalue weighted by Crippen LogP contribution is -2.21. The number of carbonyl (C=O) groups is 1. The third-order valence-corrected chi connectivity index (χ3v) is 4.42. The van der Waals surface area contributed by atoms with Gasteiger partial charge in [-0.2, -0.15) is 18.2 Å². The van der Waals surface area contributed by atoms with Gasteiger partial charge in [-0.25, -0.2) is 4.79 Å². The van der Waals surface area contributed by atoms with Crippen LogP contribution in [0.2, 0.25) is 0 Å². The van der Waals surface area contributed by atoms with Crippen LogP contribution in [-0.4, -0.2) is 27.4 Å². The molecule has 0 aliphatic heterocycles. The van der Waals surface area contributed by atoms with Crippen LogP contribution in [0, 0.1) is 0 Å². The number of aliphatic carboxylic acids is 1. The molecule has 6 nitrogen and oxygen atoms in total. The number of carboxylic acids is 1. The molecular formula is C21H30F3N3O3. The second-order valence-corrected chi connectivity index (χ2v) is 6.94. The lowest BCUT2D eigenvalue weighted by atomic mass is 10.0. The van der Waals surface area contributed by atoms with E-state index < -0.39 is 12.1 Å². The van der Waals surface area contributed by atoms with E-state index in [9.17, 15) is 13.2 Å². The highest BCUT2D eigenvalue weighted by Gasteiger charge is 2.38. The summed E-state index contributed by atoms with van der Waals surface area (Å²) in [6, 6.07) is 8.45. The highest BCUT2D eigenvalue weighted by Crippen LogP contribution is 2.18. The Morgan fingerprint density at radius 1 is 1.03 bits per heavy atom. The van der Waals surface area contributed by atoms with Gasteiger partial charge in [-0.05, 0) is 18.4 Å². The predicted octanol–water partition coefficient (Wildman–Crippen LogP) is 5.51. The maximum atomic E-state index is 10.6. The summed E-state index contributed by atoms with van der Waals surface area (Å²) in [5.41, 5.74) is 7.84. The second kappa shape index (κ2) is 13.7. The number of nitrogens with zero attached hydrogens (tertiary/aromatic N) is 2. The van der Waals surface area contributed by atoms with Gasteiger partial charge in [0.25, 0.3) is 0 Å². The minimum absolute atomic E-state index is 0.281. The third kappa shape index (κ3) is 10.4. The number of halogens is 3. The summed E-state index contributed by atoms with van der Waals surface area (Å²) in [7, 11) is 0. The van der Waals surface area contributed by atoms with Crippen LogP contribution in [0.5, 0.6) is 0 Å². The molecular weight excluding hydrogens is 399 g/mol. The number of carboxylic acid groups (broad SMARTS) is 1. The highest BCUT2D eigenvalue weighted by molar-refractivity contribution is 5.73. The number of nitrogens with two attached hydrogens (primary N) is 1. The fourth-order valence-electron chi connectivity index (χ4n) is 2.74. The summed E-state index contributed by atoms with van der Waals surface area (Å²) in [4.78, 5) is 13.1. The quantitative estimate of drug-likeness (QED) is 0.457. The number of unbranched alkanes of at least 4 members (excludes halogenated alkanes) is 7. The van der Waals surface area contributed by atoms with E-state index in [0.717, 1.165) is 12.0 Å². The van der Waals surface area contributed by atoms with Crippen LogP contribution in [0.3, 0.4) is 0 Å². The van der Waals surface area contributed by atoms with Crippen molar-refractivity contribution in [1.29, 1.82) is 0 Å². The summed E-state index contributed by atoms with van der Waals surface area (Å²) in [6.45, 7) is 2.55. The smallest absolute Gasteiger partial charge is 0.475 e. The largest absolute Gasteiger partial charge is 0.490 e. The second-order valence-electron chi connectivity index (χ2n) is 6.94. The maximum absolute atomic E-state index is 10.6. The van der Waals surface area contributed by atoms with Crippen molar-refractivity contribution in [3.05, 3.63) is 35.7 Å².